The van der Waals surface area contributed by atoms with E-state index in [4.69, 9.17) is 9.47 Å². The van der Waals surface area contributed by atoms with E-state index in [9.17, 15) is 0 Å². The van der Waals surface area contributed by atoms with E-state index in [0.29, 0.717) is 0 Å². The Hall–Kier alpha value is -1.26. The number of anilines is 1. The van der Waals surface area contributed by atoms with Crippen LogP contribution in [0, 0.1) is 13.8 Å². The molecule has 1 heterocycles. The lowest BCUT2D eigenvalue weighted by Gasteiger charge is -2.24. The van der Waals surface area contributed by atoms with Gasteiger partial charge in [0.15, 0.2) is 0 Å². The molecule has 1 saturated heterocycles. The van der Waals surface area contributed by atoms with E-state index < -0.39 is 0 Å². The van der Waals surface area contributed by atoms with Crippen molar-refractivity contribution >= 4 is 5.69 Å². The minimum absolute atomic E-state index is 0.251. The van der Waals surface area contributed by atoms with Crippen molar-refractivity contribution in [2.45, 2.75) is 20.0 Å². The second-order valence-electron chi connectivity index (χ2n) is 4.71. The fraction of sp³-hybridized carbons (Fsp3) is 0.571. The van der Waals surface area contributed by atoms with Crippen LogP contribution in [0.5, 0.6) is 5.75 Å². The molecule has 0 spiro atoms. The first-order valence-corrected chi connectivity index (χ1v) is 6.42. The fourth-order valence-corrected chi connectivity index (χ4v) is 2.17. The zero-order chi connectivity index (χ0) is 13.0. The number of methoxy groups -OCH3 is 1. The number of morpholine rings is 1. The molecule has 0 aliphatic carbocycles. The zero-order valence-electron chi connectivity index (χ0n) is 11.4. The summed E-state index contributed by atoms with van der Waals surface area (Å²) in [6.07, 6.45) is 0.251. The number of benzene rings is 1. The first-order valence-electron chi connectivity index (χ1n) is 6.42. The summed E-state index contributed by atoms with van der Waals surface area (Å²) in [6, 6.07) is 4.20. The third-order valence-electron chi connectivity index (χ3n) is 3.27. The van der Waals surface area contributed by atoms with Gasteiger partial charge in [-0.1, -0.05) is 0 Å². The molecule has 4 nitrogen and oxygen atoms in total. The summed E-state index contributed by atoms with van der Waals surface area (Å²) in [5.74, 6) is 0.939. The normalized spacial score (nSPS) is 19.6. The molecule has 0 bridgehead atoms. The van der Waals surface area contributed by atoms with E-state index in [0.717, 1.165) is 43.2 Å². The van der Waals surface area contributed by atoms with Gasteiger partial charge in [0, 0.05) is 25.3 Å². The Labute approximate surface area is 109 Å². The Bertz CT molecular complexity index is 401. The SMILES string of the molecule is COc1cc(C)c(NCC2CNCCO2)cc1C. The molecular weight excluding hydrogens is 228 g/mol. The summed E-state index contributed by atoms with van der Waals surface area (Å²) in [5.41, 5.74) is 3.50. The lowest BCUT2D eigenvalue weighted by atomic mass is 10.1. The van der Waals surface area contributed by atoms with Crippen LogP contribution in [0.25, 0.3) is 0 Å². The molecule has 0 saturated carbocycles. The van der Waals surface area contributed by atoms with Gasteiger partial charge in [-0.2, -0.15) is 0 Å². The second-order valence-corrected chi connectivity index (χ2v) is 4.71. The number of rotatable bonds is 4. The number of nitrogens with one attached hydrogen (secondary N) is 2. The van der Waals surface area contributed by atoms with Crippen LogP contribution in [0.4, 0.5) is 5.69 Å². The Morgan fingerprint density at radius 1 is 1.39 bits per heavy atom. The van der Waals surface area contributed by atoms with Gasteiger partial charge in [-0.15, -0.1) is 0 Å². The van der Waals surface area contributed by atoms with Crippen LogP contribution < -0.4 is 15.4 Å². The number of hydrogen-bond acceptors (Lipinski definition) is 4. The zero-order valence-corrected chi connectivity index (χ0v) is 11.4. The smallest absolute Gasteiger partial charge is 0.122 e. The maximum Gasteiger partial charge on any atom is 0.122 e. The Balaban J connectivity index is 1.98. The summed E-state index contributed by atoms with van der Waals surface area (Å²) in [7, 11) is 1.70. The molecule has 1 fully saturated rings. The highest BCUT2D eigenvalue weighted by molar-refractivity contribution is 5.57. The van der Waals surface area contributed by atoms with Crippen LogP contribution in [-0.4, -0.2) is 39.5 Å². The maximum atomic E-state index is 5.66. The summed E-state index contributed by atoms with van der Waals surface area (Å²) >= 11 is 0. The van der Waals surface area contributed by atoms with Gasteiger partial charge < -0.3 is 20.1 Å². The maximum absolute atomic E-state index is 5.66. The van der Waals surface area contributed by atoms with Crippen molar-refractivity contribution in [3.63, 3.8) is 0 Å². The van der Waals surface area contributed by atoms with E-state index in [1.165, 1.54) is 5.56 Å². The van der Waals surface area contributed by atoms with E-state index in [1.54, 1.807) is 7.11 Å². The molecule has 0 amide bonds. The molecule has 2 N–H and O–H groups in total. The molecule has 1 aliphatic rings. The summed E-state index contributed by atoms with van der Waals surface area (Å²) in [6.45, 7) is 7.65. The summed E-state index contributed by atoms with van der Waals surface area (Å²) in [5, 5.41) is 6.78. The van der Waals surface area contributed by atoms with Crippen LogP contribution in [0.15, 0.2) is 12.1 Å². The standard InChI is InChI=1S/C14H22N2O2/c1-10-7-14(17-3)11(2)6-13(10)16-9-12-8-15-4-5-18-12/h6-7,12,15-16H,4-5,8-9H2,1-3H3. The van der Waals surface area contributed by atoms with Gasteiger partial charge >= 0.3 is 0 Å². The van der Waals surface area contributed by atoms with E-state index in [-0.39, 0.29) is 6.10 Å². The molecule has 0 aromatic heterocycles. The summed E-state index contributed by atoms with van der Waals surface area (Å²) < 4.78 is 11.0. The van der Waals surface area contributed by atoms with Crippen molar-refractivity contribution in [1.82, 2.24) is 5.32 Å². The van der Waals surface area contributed by atoms with Crippen molar-refractivity contribution in [3.8, 4) is 5.75 Å². The predicted molar refractivity (Wildman–Crippen MR) is 73.6 cm³/mol. The quantitative estimate of drug-likeness (QED) is 0.854. The third-order valence-corrected chi connectivity index (χ3v) is 3.27. The molecule has 1 aromatic rings. The molecule has 1 aromatic carbocycles. The second kappa shape index (κ2) is 6.07. The molecule has 4 heteroatoms. The van der Waals surface area contributed by atoms with Gasteiger partial charge in [0.2, 0.25) is 0 Å². The molecule has 1 atom stereocenters. The highest BCUT2D eigenvalue weighted by Crippen LogP contribution is 2.25. The van der Waals surface area contributed by atoms with E-state index in [2.05, 4.69) is 36.6 Å². The fourth-order valence-electron chi connectivity index (χ4n) is 2.17. The Morgan fingerprint density at radius 2 is 2.22 bits per heavy atom. The van der Waals surface area contributed by atoms with E-state index in [1.807, 2.05) is 0 Å². The molecule has 100 valence electrons. The lowest BCUT2D eigenvalue weighted by Crippen LogP contribution is -2.42. The Morgan fingerprint density at radius 3 is 2.89 bits per heavy atom. The van der Waals surface area contributed by atoms with Crippen molar-refractivity contribution in [2.24, 2.45) is 0 Å². The van der Waals surface area contributed by atoms with Gasteiger partial charge in [-0.3, -0.25) is 0 Å². The topological polar surface area (TPSA) is 42.5 Å². The molecule has 18 heavy (non-hydrogen) atoms. The third kappa shape index (κ3) is 3.15. The number of hydrogen-bond donors (Lipinski definition) is 2. The van der Waals surface area contributed by atoms with Gasteiger partial charge in [0.05, 0.1) is 19.8 Å². The molecule has 2 rings (SSSR count). The number of ether oxygens (including phenoxy) is 2. The van der Waals surface area contributed by atoms with Gasteiger partial charge in [0.25, 0.3) is 0 Å². The van der Waals surface area contributed by atoms with Gasteiger partial charge in [-0.25, -0.2) is 0 Å². The van der Waals surface area contributed by atoms with Crippen molar-refractivity contribution in [2.75, 3.05) is 38.7 Å². The van der Waals surface area contributed by atoms with Crippen molar-refractivity contribution in [3.05, 3.63) is 23.3 Å². The van der Waals surface area contributed by atoms with Crippen LogP contribution in [0.2, 0.25) is 0 Å². The average Bonchev–Trinajstić information content (AvgIpc) is 2.40. The average molecular weight is 250 g/mol. The first-order chi connectivity index (χ1) is 8.70. The van der Waals surface area contributed by atoms with Gasteiger partial charge in [-0.05, 0) is 37.1 Å². The monoisotopic (exact) mass is 250 g/mol. The minimum atomic E-state index is 0.251. The molecule has 0 radical (unpaired) electrons. The Kier molecular flexibility index (Phi) is 4.44. The van der Waals surface area contributed by atoms with Crippen LogP contribution >= 0.6 is 0 Å². The lowest BCUT2D eigenvalue weighted by molar-refractivity contribution is 0.0372. The van der Waals surface area contributed by atoms with Crippen LogP contribution in [0.3, 0.4) is 0 Å². The first kappa shape index (κ1) is 13.2. The highest BCUT2D eigenvalue weighted by Gasteiger charge is 2.13. The van der Waals surface area contributed by atoms with Crippen molar-refractivity contribution < 1.29 is 9.47 Å². The molecule has 1 unspecified atom stereocenters. The van der Waals surface area contributed by atoms with E-state index >= 15 is 0 Å². The largest absolute Gasteiger partial charge is 0.496 e. The molecular formula is C14H22N2O2. The van der Waals surface area contributed by atoms with Crippen LogP contribution in [0.1, 0.15) is 11.1 Å². The predicted octanol–water partition coefficient (Wildman–Crippen LogP) is 1.71. The van der Waals surface area contributed by atoms with Gasteiger partial charge in [0.1, 0.15) is 5.75 Å². The summed E-state index contributed by atoms with van der Waals surface area (Å²) in [4.78, 5) is 0. The number of aryl methyl sites for hydroxylation is 2. The highest BCUT2D eigenvalue weighted by atomic mass is 16.5. The van der Waals surface area contributed by atoms with Crippen molar-refractivity contribution in [1.29, 1.82) is 0 Å². The minimum Gasteiger partial charge on any atom is -0.496 e. The van der Waals surface area contributed by atoms with Crippen LogP contribution in [-0.2, 0) is 4.74 Å². The molecule has 1 aliphatic heterocycles.